The summed E-state index contributed by atoms with van der Waals surface area (Å²) in [5.41, 5.74) is 5.61. The fraction of sp³-hybridized carbons (Fsp3) is 0.133. The van der Waals surface area contributed by atoms with Gasteiger partial charge in [0.05, 0.1) is 10.7 Å². The van der Waals surface area contributed by atoms with Gasteiger partial charge in [-0.15, -0.1) is 0 Å². The van der Waals surface area contributed by atoms with Gasteiger partial charge in [-0.3, -0.25) is 4.79 Å². The number of amides is 1. The normalized spacial score (nSPS) is 13.5. The average molecular weight is 388 g/mol. The number of hydrogen-bond donors (Lipinski definition) is 2. The number of carbonyl (C=O) groups excluding carboxylic acids is 1. The number of primary amides is 1. The van der Waals surface area contributed by atoms with E-state index in [1.54, 1.807) is 37.3 Å². The number of nitrogens with two attached hydrogens (primary N) is 1. The van der Waals surface area contributed by atoms with Crippen molar-refractivity contribution in [3.63, 3.8) is 0 Å². The van der Waals surface area contributed by atoms with Crippen LogP contribution in [0.5, 0.6) is 0 Å². The van der Waals surface area contributed by atoms with Crippen LogP contribution in [0.1, 0.15) is 12.5 Å². The molecule has 0 aliphatic rings. The number of anilines is 1. The minimum absolute atomic E-state index is 0.435. The van der Waals surface area contributed by atoms with E-state index in [2.05, 4.69) is 21.2 Å². The summed E-state index contributed by atoms with van der Waals surface area (Å²) >= 11 is 15.7. The molecule has 0 saturated carbocycles. The lowest BCUT2D eigenvalue weighted by Crippen LogP contribution is -2.45. The van der Waals surface area contributed by atoms with Gasteiger partial charge in [-0.2, -0.15) is 0 Å². The van der Waals surface area contributed by atoms with Crippen molar-refractivity contribution in [2.24, 2.45) is 5.73 Å². The van der Waals surface area contributed by atoms with Gasteiger partial charge in [0.25, 0.3) is 0 Å². The molecule has 0 radical (unpaired) electrons. The third-order valence-corrected chi connectivity index (χ3v) is 4.36. The van der Waals surface area contributed by atoms with Crippen molar-refractivity contribution in [3.05, 3.63) is 62.5 Å². The second-order valence-electron chi connectivity index (χ2n) is 4.72. The van der Waals surface area contributed by atoms with E-state index >= 15 is 0 Å². The van der Waals surface area contributed by atoms with E-state index in [1.807, 2.05) is 12.1 Å². The Kier molecular flexibility index (Phi) is 4.81. The maximum atomic E-state index is 12.0. The first-order valence-corrected chi connectivity index (χ1v) is 7.67. The second-order valence-corrected chi connectivity index (χ2v) is 6.45. The summed E-state index contributed by atoms with van der Waals surface area (Å²) in [5.74, 6) is -0.549. The van der Waals surface area contributed by atoms with Gasteiger partial charge in [-0.1, -0.05) is 57.3 Å². The van der Waals surface area contributed by atoms with E-state index < -0.39 is 11.4 Å². The lowest BCUT2D eigenvalue weighted by Gasteiger charge is -2.30. The standard InChI is InChI=1S/C15H13BrCl2N2O/c1-15(14(19)21,10-7-6-9(16)8-12(10)18)20-13-5-3-2-4-11(13)17/h2-8,20H,1H3,(H2,19,21). The topological polar surface area (TPSA) is 55.1 Å². The summed E-state index contributed by atoms with van der Waals surface area (Å²) in [6.45, 7) is 1.67. The lowest BCUT2D eigenvalue weighted by molar-refractivity contribution is -0.122. The van der Waals surface area contributed by atoms with Gasteiger partial charge in [-0.05, 0) is 31.2 Å². The molecule has 6 heteroatoms. The molecule has 3 nitrogen and oxygen atoms in total. The maximum Gasteiger partial charge on any atom is 0.247 e. The van der Waals surface area contributed by atoms with E-state index in [1.165, 1.54) is 0 Å². The SMILES string of the molecule is CC(Nc1ccccc1Cl)(C(N)=O)c1ccc(Br)cc1Cl. The van der Waals surface area contributed by atoms with E-state index in [-0.39, 0.29) is 0 Å². The largest absolute Gasteiger partial charge is 0.367 e. The number of benzene rings is 2. The number of para-hydroxylation sites is 1. The fourth-order valence-electron chi connectivity index (χ4n) is 1.99. The van der Waals surface area contributed by atoms with Crippen LogP contribution in [0.2, 0.25) is 10.0 Å². The Bertz CT molecular complexity index is 693. The molecule has 2 rings (SSSR count). The minimum Gasteiger partial charge on any atom is -0.367 e. The van der Waals surface area contributed by atoms with Crippen molar-refractivity contribution in [1.82, 2.24) is 0 Å². The first-order chi connectivity index (χ1) is 9.84. The van der Waals surface area contributed by atoms with Gasteiger partial charge in [0.2, 0.25) is 5.91 Å². The van der Waals surface area contributed by atoms with Crippen molar-refractivity contribution in [3.8, 4) is 0 Å². The summed E-state index contributed by atoms with van der Waals surface area (Å²) in [6, 6.07) is 12.4. The van der Waals surface area contributed by atoms with Crippen molar-refractivity contribution in [1.29, 1.82) is 0 Å². The molecule has 0 fully saturated rings. The van der Waals surface area contributed by atoms with Crippen LogP contribution in [-0.2, 0) is 10.3 Å². The molecule has 1 amide bonds. The first kappa shape index (κ1) is 16.1. The molecule has 0 bridgehead atoms. The maximum absolute atomic E-state index is 12.0. The quantitative estimate of drug-likeness (QED) is 0.807. The van der Waals surface area contributed by atoms with Crippen LogP contribution in [0.3, 0.4) is 0 Å². The van der Waals surface area contributed by atoms with Crippen LogP contribution >= 0.6 is 39.1 Å². The molecule has 21 heavy (non-hydrogen) atoms. The van der Waals surface area contributed by atoms with Gasteiger partial charge < -0.3 is 11.1 Å². The Balaban J connectivity index is 2.51. The van der Waals surface area contributed by atoms with Crippen LogP contribution in [-0.4, -0.2) is 5.91 Å². The third-order valence-electron chi connectivity index (χ3n) is 3.22. The monoisotopic (exact) mass is 386 g/mol. The van der Waals surface area contributed by atoms with E-state index in [4.69, 9.17) is 28.9 Å². The molecule has 2 aromatic carbocycles. The molecule has 2 aromatic rings. The molecular weight excluding hydrogens is 375 g/mol. The van der Waals surface area contributed by atoms with E-state index in [0.717, 1.165) is 4.47 Å². The van der Waals surface area contributed by atoms with Gasteiger partial charge in [0.15, 0.2) is 0 Å². The molecule has 0 aromatic heterocycles. The Labute approximate surface area is 141 Å². The zero-order chi connectivity index (χ0) is 15.6. The Hall–Kier alpha value is -1.23. The third kappa shape index (κ3) is 3.34. The summed E-state index contributed by atoms with van der Waals surface area (Å²) in [5, 5.41) is 4.03. The number of halogens is 3. The first-order valence-electron chi connectivity index (χ1n) is 6.13. The molecule has 0 aliphatic heterocycles. The molecular formula is C15H13BrCl2N2O. The average Bonchev–Trinajstić information content (AvgIpc) is 2.41. The zero-order valence-electron chi connectivity index (χ0n) is 11.2. The van der Waals surface area contributed by atoms with Crippen LogP contribution < -0.4 is 11.1 Å². The summed E-state index contributed by atoms with van der Waals surface area (Å²) in [7, 11) is 0. The molecule has 0 saturated heterocycles. The van der Waals surface area contributed by atoms with Gasteiger partial charge in [0, 0.05) is 15.1 Å². The van der Waals surface area contributed by atoms with Gasteiger partial charge >= 0.3 is 0 Å². The van der Waals surface area contributed by atoms with Crippen LogP contribution in [0, 0.1) is 0 Å². The van der Waals surface area contributed by atoms with Crippen LogP contribution in [0.15, 0.2) is 46.9 Å². The van der Waals surface area contributed by atoms with E-state index in [0.29, 0.717) is 21.3 Å². The smallest absolute Gasteiger partial charge is 0.247 e. The zero-order valence-corrected chi connectivity index (χ0v) is 14.3. The predicted molar refractivity (Wildman–Crippen MR) is 90.8 cm³/mol. The van der Waals surface area contributed by atoms with Crippen molar-refractivity contribution in [2.45, 2.75) is 12.5 Å². The summed E-state index contributed by atoms with van der Waals surface area (Å²) in [4.78, 5) is 12.0. The molecule has 0 spiro atoms. The highest BCUT2D eigenvalue weighted by Crippen LogP contribution is 2.35. The molecule has 0 heterocycles. The number of rotatable bonds is 4. The Morgan fingerprint density at radius 2 is 1.86 bits per heavy atom. The van der Waals surface area contributed by atoms with Crippen LogP contribution in [0.25, 0.3) is 0 Å². The Morgan fingerprint density at radius 1 is 1.19 bits per heavy atom. The van der Waals surface area contributed by atoms with Gasteiger partial charge in [-0.25, -0.2) is 0 Å². The van der Waals surface area contributed by atoms with E-state index in [9.17, 15) is 4.79 Å². The highest BCUT2D eigenvalue weighted by Gasteiger charge is 2.35. The molecule has 110 valence electrons. The molecule has 0 aliphatic carbocycles. The minimum atomic E-state index is -1.18. The number of carbonyl (C=O) groups is 1. The molecule has 1 atom stereocenters. The predicted octanol–water partition coefficient (Wildman–Crippen LogP) is 4.57. The van der Waals surface area contributed by atoms with Gasteiger partial charge in [0.1, 0.15) is 5.54 Å². The number of hydrogen-bond acceptors (Lipinski definition) is 2. The lowest BCUT2D eigenvalue weighted by atomic mass is 9.90. The Morgan fingerprint density at radius 3 is 2.43 bits per heavy atom. The van der Waals surface area contributed by atoms with Crippen molar-refractivity contribution < 1.29 is 4.79 Å². The van der Waals surface area contributed by atoms with Crippen molar-refractivity contribution >= 4 is 50.7 Å². The molecule has 1 unspecified atom stereocenters. The number of nitrogens with one attached hydrogen (secondary N) is 1. The summed E-state index contributed by atoms with van der Waals surface area (Å²) < 4.78 is 0.820. The highest BCUT2D eigenvalue weighted by atomic mass is 79.9. The second kappa shape index (κ2) is 6.26. The van der Waals surface area contributed by atoms with Crippen LogP contribution in [0.4, 0.5) is 5.69 Å². The molecule has 3 N–H and O–H groups in total. The fourth-order valence-corrected chi connectivity index (χ4v) is 3.03. The highest BCUT2D eigenvalue weighted by molar-refractivity contribution is 9.10. The summed E-state index contributed by atoms with van der Waals surface area (Å²) in [6.07, 6.45) is 0. The van der Waals surface area contributed by atoms with Crippen molar-refractivity contribution in [2.75, 3.05) is 5.32 Å².